The number of aromatic nitrogens is 2. The van der Waals surface area contributed by atoms with Crippen molar-refractivity contribution in [2.45, 2.75) is 20.4 Å². The lowest BCUT2D eigenvalue weighted by Crippen LogP contribution is -2.30. The molecule has 0 fully saturated rings. The molecule has 30 heavy (non-hydrogen) atoms. The van der Waals surface area contributed by atoms with Crippen LogP contribution in [0.15, 0.2) is 54.7 Å². The Bertz CT molecular complexity index is 1250. The summed E-state index contributed by atoms with van der Waals surface area (Å²) >= 11 is 1.52. The van der Waals surface area contributed by atoms with Crippen molar-refractivity contribution in [1.29, 1.82) is 0 Å². The van der Waals surface area contributed by atoms with E-state index in [9.17, 15) is 4.79 Å². The predicted octanol–water partition coefficient (Wildman–Crippen LogP) is 4.88. The number of pyridine rings is 1. The monoisotopic (exact) mass is 417 g/mol. The number of ether oxygens (including phenoxy) is 2. The Morgan fingerprint density at radius 1 is 1.10 bits per heavy atom. The van der Waals surface area contributed by atoms with Crippen LogP contribution in [-0.2, 0) is 6.54 Å². The van der Waals surface area contributed by atoms with Gasteiger partial charge in [0.15, 0.2) is 16.6 Å². The molecule has 150 valence electrons. The number of hydrogen-bond acceptors (Lipinski definition) is 6. The van der Waals surface area contributed by atoms with E-state index in [1.807, 2.05) is 24.3 Å². The normalized spacial score (nSPS) is 12.3. The van der Waals surface area contributed by atoms with Crippen molar-refractivity contribution in [2.75, 3.05) is 11.7 Å². The molecule has 5 rings (SSSR count). The molecule has 0 unspecified atom stereocenters. The van der Waals surface area contributed by atoms with Gasteiger partial charge in [-0.3, -0.25) is 14.7 Å². The Morgan fingerprint density at radius 2 is 1.97 bits per heavy atom. The van der Waals surface area contributed by atoms with E-state index >= 15 is 0 Å². The molecule has 7 heteroatoms. The molecule has 0 aliphatic carbocycles. The summed E-state index contributed by atoms with van der Waals surface area (Å²) in [4.78, 5) is 24.4. The number of rotatable bonds is 4. The molecule has 1 aliphatic heterocycles. The highest BCUT2D eigenvalue weighted by Gasteiger charge is 2.25. The van der Waals surface area contributed by atoms with Crippen molar-refractivity contribution in [3.63, 3.8) is 0 Å². The predicted molar refractivity (Wildman–Crippen MR) is 116 cm³/mol. The Labute approximate surface area is 177 Å². The third-order valence-corrected chi connectivity index (χ3v) is 6.18. The first-order chi connectivity index (χ1) is 14.6. The maximum atomic E-state index is 13.5. The van der Waals surface area contributed by atoms with Gasteiger partial charge in [0, 0.05) is 11.8 Å². The molecular weight excluding hydrogens is 398 g/mol. The zero-order chi connectivity index (χ0) is 20.7. The molecule has 0 spiro atoms. The number of hydrogen-bond donors (Lipinski definition) is 0. The van der Waals surface area contributed by atoms with E-state index in [0.717, 1.165) is 27.0 Å². The molecule has 6 nitrogen and oxygen atoms in total. The van der Waals surface area contributed by atoms with Gasteiger partial charge < -0.3 is 9.47 Å². The third kappa shape index (κ3) is 3.37. The average Bonchev–Trinajstić information content (AvgIpc) is 3.38. The molecule has 0 saturated heterocycles. The van der Waals surface area contributed by atoms with Crippen LogP contribution in [0.1, 0.15) is 27.2 Å². The smallest absolute Gasteiger partial charge is 0.260 e. The molecule has 2 aromatic carbocycles. The van der Waals surface area contributed by atoms with E-state index in [-0.39, 0.29) is 12.7 Å². The lowest BCUT2D eigenvalue weighted by molar-refractivity contribution is 0.0984. The highest BCUT2D eigenvalue weighted by atomic mass is 32.1. The van der Waals surface area contributed by atoms with Crippen LogP contribution in [-0.4, -0.2) is 22.7 Å². The van der Waals surface area contributed by atoms with E-state index in [1.165, 1.54) is 11.3 Å². The summed E-state index contributed by atoms with van der Waals surface area (Å²) < 4.78 is 11.9. The molecule has 0 N–H and O–H groups in total. The molecule has 0 bridgehead atoms. The Kier molecular flexibility index (Phi) is 4.59. The lowest BCUT2D eigenvalue weighted by atomic mass is 10.1. The summed E-state index contributed by atoms with van der Waals surface area (Å²) in [6.45, 7) is 4.61. The van der Waals surface area contributed by atoms with Gasteiger partial charge in [-0.1, -0.05) is 23.5 Å². The Balaban J connectivity index is 1.58. The molecule has 1 aliphatic rings. The molecule has 3 heterocycles. The van der Waals surface area contributed by atoms with Gasteiger partial charge in [-0.05, 0) is 61.4 Å². The fourth-order valence-electron chi connectivity index (χ4n) is 3.55. The number of carbonyl (C=O) groups is 1. The van der Waals surface area contributed by atoms with Gasteiger partial charge in [0.2, 0.25) is 6.79 Å². The maximum absolute atomic E-state index is 13.5. The van der Waals surface area contributed by atoms with Gasteiger partial charge in [0.05, 0.1) is 22.5 Å². The van der Waals surface area contributed by atoms with Crippen LogP contribution in [0.2, 0.25) is 0 Å². The van der Waals surface area contributed by atoms with Crippen molar-refractivity contribution in [1.82, 2.24) is 9.97 Å². The van der Waals surface area contributed by atoms with E-state index in [2.05, 4.69) is 24.9 Å². The molecule has 0 radical (unpaired) electrons. The van der Waals surface area contributed by atoms with Crippen LogP contribution in [0.4, 0.5) is 5.13 Å². The highest BCUT2D eigenvalue weighted by Crippen LogP contribution is 2.36. The number of aryl methyl sites for hydroxylation is 2. The largest absolute Gasteiger partial charge is 0.454 e. The zero-order valence-corrected chi connectivity index (χ0v) is 17.4. The minimum absolute atomic E-state index is 0.160. The van der Waals surface area contributed by atoms with E-state index in [4.69, 9.17) is 14.5 Å². The number of fused-ring (bicyclic) bond motifs is 2. The van der Waals surface area contributed by atoms with Crippen molar-refractivity contribution in [2.24, 2.45) is 0 Å². The molecular formula is C23H19N3O3S. The standard InChI is InChI=1S/C23H19N3O3S/c1-14-9-15(2)21-18(10-14)25-23(30-21)26(12-17-5-3-4-8-24-17)22(27)16-6-7-19-20(11-16)29-13-28-19/h3-11H,12-13H2,1-2H3. The first-order valence-electron chi connectivity index (χ1n) is 9.58. The number of benzene rings is 2. The van der Waals surface area contributed by atoms with Crippen LogP contribution >= 0.6 is 11.3 Å². The molecule has 4 aromatic rings. The van der Waals surface area contributed by atoms with Gasteiger partial charge in [-0.2, -0.15) is 0 Å². The summed E-state index contributed by atoms with van der Waals surface area (Å²) in [6.07, 6.45) is 1.73. The number of thiazole rings is 1. The van der Waals surface area contributed by atoms with Crippen LogP contribution in [0, 0.1) is 13.8 Å². The summed E-state index contributed by atoms with van der Waals surface area (Å²) in [5.74, 6) is 1.07. The minimum Gasteiger partial charge on any atom is -0.454 e. The van der Waals surface area contributed by atoms with Crippen LogP contribution in [0.5, 0.6) is 11.5 Å². The zero-order valence-electron chi connectivity index (χ0n) is 16.6. The topological polar surface area (TPSA) is 64.6 Å². The molecule has 0 saturated carbocycles. The lowest BCUT2D eigenvalue weighted by Gasteiger charge is -2.19. The first kappa shape index (κ1) is 18.6. The maximum Gasteiger partial charge on any atom is 0.260 e. The molecule has 2 aromatic heterocycles. The van der Waals surface area contributed by atoms with Gasteiger partial charge in [-0.25, -0.2) is 4.98 Å². The first-order valence-corrected chi connectivity index (χ1v) is 10.4. The summed E-state index contributed by atoms with van der Waals surface area (Å²) in [5, 5.41) is 0.645. The van der Waals surface area contributed by atoms with Gasteiger partial charge >= 0.3 is 0 Å². The van der Waals surface area contributed by atoms with Gasteiger partial charge in [-0.15, -0.1) is 0 Å². The fourth-order valence-corrected chi connectivity index (χ4v) is 4.56. The summed E-state index contributed by atoms with van der Waals surface area (Å²) in [7, 11) is 0. The highest BCUT2D eigenvalue weighted by molar-refractivity contribution is 7.22. The van der Waals surface area contributed by atoms with Crippen molar-refractivity contribution >= 4 is 32.6 Å². The van der Waals surface area contributed by atoms with Crippen molar-refractivity contribution < 1.29 is 14.3 Å². The van der Waals surface area contributed by atoms with E-state index in [1.54, 1.807) is 29.3 Å². The van der Waals surface area contributed by atoms with Crippen LogP contribution in [0.25, 0.3) is 10.2 Å². The Hall–Kier alpha value is -3.45. The summed E-state index contributed by atoms with van der Waals surface area (Å²) in [6, 6.07) is 15.1. The van der Waals surface area contributed by atoms with Crippen LogP contribution in [0.3, 0.4) is 0 Å². The molecule has 1 amide bonds. The fraction of sp³-hybridized carbons (Fsp3) is 0.174. The van der Waals surface area contributed by atoms with E-state index in [0.29, 0.717) is 28.7 Å². The van der Waals surface area contributed by atoms with Crippen molar-refractivity contribution in [3.05, 3.63) is 77.1 Å². The number of nitrogens with zero attached hydrogens (tertiary/aromatic N) is 3. The average molecular weight is 417 g/mol. The second-order valence-corrected chi connectivity index (χ2v) is 8.18. The summed E-state index contributed by atoms with van der Waals surface area (Å²) in [5.41, 5.74) is 4.51. The second kappa shape index (κ2) is 7.42. The molecule has 0 atom stereocenters. The van der Waals surface area contributed by atoms with Crippen molar-refractivity contribution in [3.8, 4) is 11.5 Å². The SMILES string of the molecule is Cc1cc(C)c2sc(N(Cc3ccccn3)C(=O)c3ccc4c(c3)OCO4)nc2c1. The van der Waals surface area contributed by atoms with Gasteiger partial charge in [0.25, 0.3) is 5.91 Å². The number of anilines is 1. The Morgan fingerprint density at radius 3 is 2.80 bits per heavy atom. The number of carbonyl (C=O) groups excluding carboxylic acids is 1. The van der Waals surface area contributed by atoms with E-state index < -0.39 is 0 Å². The van der Waals surface area contributed by atoms with Gasteiger partial charge in [0.1, 0.15) is 0 Å². The minimum atomic E-state index is -0.160. The second-order valence-electron chi connectivity index (χ2n) is 7.21. The number of amides is 1. The quantitative estimate of drug-likeness (QED) is 0.473. The van der Waals surface area contributed by atoms with Crippen LogP contribution < -0.4 is 14.4 Å². The third-order valence-electron chi connectivity index (χ3n) is 4.95.